The van der Waals surface area contributed by atoms with Crippen LogP contribution in [-0.4, -0.2) is 44.9 Å². The minimum absolute atomic E-state index is 0.192. The number of hydrogen-bond donors (Lipinski definition) is 0. The minimum atomic E-state index is -2.75. The van der Waals surface area contributed by atoms with E-state index in [1.165, 1.54) is 11.0 Å². The summed E-state index contributed by atoms with van der Waals surface area (Å²) in [5, 5.41) is 6.30. The van der Waals surface area contributed by atoms with Crippen molar-refractivity contribution in [2.75, 3.05) is 18.0 Å². The third-order valence-corrected chi connectivity index (χ3v) is 5.77. The molecule has 0 N–H and O–H groups in total. The lowest BCUT2D eigenvalue weighted by Gasteiger charge is -2.18. The van der Waals surface area contributed by atoms with E-state index < -0.39 is 12.5 Å². The smallest absolute Gasteiger partial charge is 0.266 e. The second-order valence-electron chi connectivity index (χ2n) is 6.91. The largest absolute Gasteiger partial charge is 0.350 e. The minimum Gasteiger partial charge on any atom is -0.350 e. The number of anilines is 1. The maximum atomic E-state index is 13.7. The first-order valence-corrected chi connectivity index (χ1v) is 9.89. The Morgan fingerprint density at radius 2 is 2.07 bits per heavy atom. The number of carbonyl (C=O) groups is 1. The average Bonchev–Trinajstić information content (AvgIpc) is 3.46. The van der Waals surface area contributed by atoms with Crippen LogP contribution in [0.1, 0.15) is 16.8 Å². The molecule has 0 bridgehead atoms. The number of fused-ring (bicyclic) bond motifs is 1. The van der Waals surface area contributed by atoms with Gasteiger partial charge in [-0.25, -0.2) is 23.3 Å². The van der Waals surface area contributed by atoms with Gasteiger partial charge in [-0.05, 0) is 29.6 Å². The number of aldehydes is 1. The van der Waals surface area contributed by atoms with Crippen LogP contribution in [0.5, 0.6) is 0 Å². The molecular formula is C20H15F2N5OS. The van der Waals surface area contributed by atoms with E-state index in [-0.39, 0.29) is 13.0 Å². The number of nitrogens with zero attached hydrogens (tertiary/aromatic N) is 5. The van der Waals surface area contributed by atoms with Gasteiger partial charge in [0.25, 0.3) is 5.92 Å². The molecule has 1 saturated heterocycles. The molecule has 5 heterocycles. The van der Waals surface area contributed by atoms with Gasteiger partial charge < -0.3 is 4.90 Å². The van der Waals surface area contributed by atoms with E-state index in [1.807, 2.05) is 29.8 Å². The highest BCUT2D eigenvalue weighted by Gasteiger charge is 2.39. The van der Waals surface area contributed by atoms with Crippen molar-refractivity contribution in [2.24, 2.45) is 0 Å². The fourth-order valence-electron chi connectivity index (χ4n) is 3.45. The molecule has 5 rings (SSSR count). The molecular weight excluding hydrogens is 396 g/mol. The van der Waals surface area contributed by atoms with Gasteiger partial charge in [0.2, 0.25) is 0 Å². The van der Waals surface area contributed by atoms with E-state index in [4.69, 9.17) is 4.98 Å². The summed E-state index contributed by atoms with van der Waals surface area (Å²) in [5.41, 5.74) is 2.88. The van der Waals surface area contributed by atoms with Crippen LogP contribution in [0.2, 0.25) is 0 Å². The lowest BCUT2D eigenvalue weighted by atomic mass is 10.1. The van der Waals surface area contributed by atoms with Crippen molar-refractivity contribution < 1.29 is 13.6 Å². The summed E-state index contributed by atoms with van der Waals surface area (Å²) in [6, 6.07) is 8.98. The SMILES string of the molecule is O=Cc1cc(-c2cnn3ccc(-c4cccs4)nc23)nc(N2CCC(F)(F)C2)c1. The predicted octanol–water partition coefficient (Wildman–Crippen LogP) is 4.18. The molecule has 1 aliphatic rings. The highest BCUT2D eigenvalue weighted by Crippen LogP contribution is 2.33. The average molecular weight is 411 g/mol. The summed E-state index contributed by atoms with van der Waals surface area (Å²) in [6.45, 7) is -0.214. The molecule has 0 unspecified atom stereocenters. The van der Waals surface area contributed by atoms with E-state index >= 15 is 0 Å². The van der Waals surface area contributed by atoms with Crippen LogP contribution >= 0.6 is 11.3 Å². The van der Waals surface area contributed by atoms with Gasteiger partial charge >= 0.3 is 0 Å². The number of thiophene rings is 1. The summed E-state index contributed by atoms with van der Waals surface area (Å²) in [7, 11) is 0. The van der Waals surface area contributed by atoms with Crippen molar-refractivity contribution in [2.45, 2.75) is 12.3 Å². The molecule has 0 atom stereocenters. The van der Waals surface area contributed by atoms with E-state index in [1.54, 1.807) is 28.1 Å². The van der Waals surface area contributed by atoms with Crippen LogP contribution in [0.4, 0.5) is 14.6 Å². The van der Waals surface area contributed by atoms with Crippen LogP contribution in [0.25, 0.3) is 27.5 Å². The van der Waals surface area contributed by atoms with Crippen LogP contribution in [0, 0.1) is 0 Å². The molecule has 4 aromatic rings. The Labute approximate surface area is 168 Å². The zero-order valence-corrected chi connectivity index (χ0v) is 15.9. The number of carbonyl (C=O) groups excluding carboxylic acids is 1. The van der Waals surface area contributed by atoms with Gasteiger partial charge in [0.15, 0.2) is 5.65 Å². The quantitative estimate of drug-likeness (QED) is 0.472. The fraction of sp³-hybridized carbons (Fsp3) is 0.200. The molecule has 0 saturated carbocycles. The summed E-state index contributed by atoms with van der Waals surface area (Å²) < 4.78 is 29.0. The Morgan fingerprint density at radius 1 is 1.17 bits per heavy atom. The molecule has 0 aliphatic carbocycles. The first kappa shape index (κ1) is 17.9. The molecule has 4 aromatic heterocycles. The summed E-state index contributed by atoms with van der Waals surface area (Å²) in [6.07, 6.45) is 3.91. The highest BCUT2D eigenvalue weighted by molar-refractivity contribution is 7.13. The van der Waals surface area contributed by atoms with Gasteiger partial charge in [-0.15, -0.1) is 11.3 Å². The zero-order chi connectivity index (χ0) is 20.0. The Bertz CT molecular complexity index is 1210. The molecule has 0 spiro atoms. The first-order chi connectivity index (χ1) is 14.0. The lowest BCUT2D eigenvalue weighted by Crippen LogP contribution is -2.25. The highest BCUT2D eigenvalue weighted by atomic mass is 32.1. The second kappa shape index (κ2) is 6.70. The maximum Gasteiger partial charge on any atom is 0.266 e. The number of hydrogen-bond acceptors (Lipinski definition) is 6. The van der Waals surface area contributed by atoms with Crippen molar-refractivity contribution in [3.63, 3.8) is 0 Å². The van der Waals surface area contributed by atoms with Crippen LogP contribution in [-0.2, 0) is 0 Å². The van der Waals surface area contributed by atoms with Crippen molar-refractivity contribution >= 4 is 29.1 Å². The normalized spacial score (nSPS) is 15.9. The number of aromatic nitrogens is 4. The molecule has 9 heteroatoms. The third kappa shape index (κ3) is 3.27. The molecule has 29 heavy (non-hydrogen) atoms. The van der Waals surface area contributed by atoms with Gasteiger partial charge in [0.05, 0.1) is 34.6 Å². The number of alkyl halides is 2. The van der Waals surface area contributed by atoms with E-state index in [2.05, 4.69) is 10.1 Å². The fourth-order valence-corrected chi connectivity index (χ4v) is 4.14. The number of pyridine rings is 1. The standard InChI is InChI=1S/C20H15F2N5OS/c21-20(22)4-6-26(12-20)18-9-13(11-28)8-16(24-18)14-10-23-27-5-3-15(25-19(14)27)17-2-1-7-29-17/h1-3,5,7-11H,4,6,12H2. The van der Waals surface area contributed by atoms with Crippen molar-refractivity contribution in [1.29, 1.82) is 0 Å². The molecule has 1 aliphatic heterocycles. The lowest BCUT2D eigenvalue weighted by molar-refractivity contribution is 0.0256. The maximum absolute atomic E-state index is 13.7. The number of rotatable bonds is 4. The summed E-state index contributed by atoms with van der Waals surface area (Å²) in [5.74, 6) is -2.39. The zero-order valence-electron chi connectivity index (χ0n) is 15.1. The van der Waals surface area contributed by atoms with E-state index in [0.29, 0.717) is 34.6 Å². The molecule has 0 aromatic carbocycles. The van der Waals surface area contributed by atoms with Gasteiger partial charge in [-0.1, -0.05) is 6.07 Å². The van der Waals surface area contributed by atoms with Crippen LogP contribution in [0.3, 0.4) is 0 Å². The Morgan fingerprint density at radius 3 is 2.79 bits per heavy atom. The predicted molar refractivity (Wildman–Crippen MR) is 107 cm³/mol. The molecule has 0 radical (unpaired) electrons. The Kier molecular flexibility index (Phi) is 4.13. The number of halogens is 2. The van der Waals surface area contributed by atoms with E-state index in [9.17, 15) is 13.6 Å². The van der Waals surface area contributed by atoms with Crippen molar-refractivity contribution in [1.82, 2.24) is 19.6 Å². The van der Waals surface area contributed by atoms with Gasteiger partial charge in [-0.3, -0.25) is 4.79 Å². The van der Waals surface area contributed by atoms with Crippen LogP contribution in [0.15, 0.2) is 48.1 Å². The topological polar surface area (TPSA) is 63.4 Å². The van der Waals surface area contributed by atoms with E-state index in [0.717, 1.165) is 10.6 Å². The first-order valence-electron chi connectivity index (χ1n) is 9.01. The van der Waals surface area contributed by atoms with Crippen LogP contribution < -0.4 is 4.90 Å². The molecule has 6 nitrogen and oxygen atoms in total. The summed E-state index contributed by atoms with van der Waals surface area (Å²) >= 11 is 1.58. The van der Waals surface area contributed by atoms with Gasteiger partial charge in [0, 0.05) is 24.7 Å². The van der Waals surface area contributed by atoms with Gasteiger partial charge in [-0.2, -0.15) is 5.10 Å². The van der Waals surface area contributed by atoms with Gasteiger partial charge in [0.1, 0.15) is 12.1 Å². The van der Waals surface area contributed by atoms with Crippen molar-refractivity contribution in [3.8, 4) is 21.8 Å². The second-order valence-corrected chi connectivity index (χ2v) is 7.85. The monoisotopic (exact) mass is 411 g/mol. The molecule has 0 amide bonds. The van der Waals surface area contributed by atoms with Crippen molar-refractivity contribution in [3.05, 3.63) is 53.7 Å². The summed E-state index contributed by atoms with van der Waals surface area (Å²) in [4.78, 5) is 23.3. The Hall–Kier alpha value is -3.20. The molecule has 1 fully saturated rings. The molecule has 146 valence electrons. The third-order valence-electron chi connectivity index (χ3n) is 4.88. The Balaban J connectivity index is 1.62.